The van der Waals surface area contributed by atoms with Gasteiger partial charge in [-0.25, -0.2) is 4.39 Å². The number of carboxylic acid groups (broad SMARTS) is 1. The van der Waals surface area contributed by atoms with Crippen LogP contribution < -0.4 is 10.6 Å². The van der Waals surface area contributed by atoms with Crippen molar-refractivity contribution in [3.8, 4) is 0 Å². The van der Waals surface area contributed by atoms with E-state index in [-0.39, 0.29) is 43.0 Å². The summed E-state index contributed by atoms with van der Waals surface area (Å²) in [6.45, 7) is 4.08. The topological polar surface area (TPSA) is 117 Å². The molecule has 2 amide bonds. The van der Waals surface area contributed by atoms with Gasteiger partial charge in [0.25, 0.3) is 0 Å². The van der Waals surface area contributed by atoms with E-state index < -0.39 is 12.0 Å². The SMILES string of the molecule is O=C(O)CCOCCOCCN1CCC(c2ccc(NC3CCC(=O)NC3=O)cc2F)CC1. The molecule has 1 atom stereocenters. The third-order valence-corrected chi connectivity index (χ3v) is 5.99. The molecule has 182 valence electrons. The van der Waals surface area contributed by atoms with Crippen LogP contribution in [0.15, 0.2) is 18.2 Å². The number of piperidine rings is 2. The van der Waals surface area contributed by atoms with Crippen molar-refractivity contribution in [3.63, 3.8) is 0 Å². The van der Waals surface area contributed by atoms with E-state index in [0.717, 1.165) is 32.5 Å². The summed E-state index contributed by atoms with van der Waals surface area (Å²) in [6.07, 6.45) is 2.38. The highest BCUT2D eigenvalue weighted by Gasteiger charge is 2.27. The Morgan fingerprint density at radius 3 is 2.52 bits per heavy atom. The maximum absolute atomic E-state index is 14.8. The number of hydrogen-bond donors (Lipinski definition) is 3. The van der Waals surface area contributed by atoms with Gasteiger partial charge in [0.15, 0.2) is 0 Å². The van der Waals surface area contributed by atoms with Crippen molar-refractivity contribution in [2.45, 2.75) is 44.1 Å². The van der Waals surface area contributed by atoms with Crippen molar-refractivity contribution < 1.29 is 33.4 Å². The number of likely N-dealkylation sites (tertiary alicyclic amines) is 1. The maximum atomic E-state index is 14.8. The predicted octanol–water partition coefficient (Wildman–Crippen LogP) is 1.73. The molecule has 1 unspecified atom stereocenters. The molecule has 9 nitrogen and oxygen atoms in total. The Kier molecular flexibility index (Phi) is 9.59. The van der Waals surface area contributed by atoms with Crippen LogP contribution in [0, 0.1) is 5.82 Å². The number of imide groups is 1. The number of ether oxygens (including phenoxy) is 2. The molecule has 3 rings (SSSR count). The number of nitrogens with one attached hydrogen (secondary N) is 2. The van der Waals surface area contributed by atoms with Crippen LogP contribution in [0.1, 0.15) is 43.6 Å². The second-order valence-corrected chi connectivity index (χ2v) is 8.37. The lowest BCUT2D eigenvalue weighted by Crippen LogP contribution is -2.47. The van der Waals surface area contributed by atoms with Gasteiger partial charge in [0.05, 0.1) is 32.8 Å². The van der Waals surface area contributed by atoms with Gasteiger partial charge in [-0.3, -0.25) is 19.7 Å². The lowest BCUT2D eigenvalue weighted by atomic mass is 9.89. The molecule has 0 bridgehead atoms. The first-order valence-corrected chi connectivity index (χ1v) is 11.4. The number of carbonyl (C=O) groups is 3. The van der Waals surface area contributed by atoms with Crippen LogP contribution in [-0.4, -0.2) is 79.9 Å². The lowest BCUT2D eigenvalue weighted by molar-refractivity contribution is -0.138. The van der Waals surface area contributed by atoms with Crippen LogP contribution in [0.5, 0.6) is 0 Å². The summed E-state index contributed by atoms with van der Waals surface area (Å²) in [5, 5.41) is 13.8. The number of halogens is 1. The van der Waals surface area contributed by atoms with Gasteiger partial charge >= 0.3 is 5.97 Å². The number of carbonyl (C=O) groups excluding carboxylic acids is 2. The number of rotatable bonds is 12. The number of benzene rings is 1. The minimum absolute atomic E-state index is 0.00534. The standard InChI is InChI=1S/C23H32FN3O6/c24-19-15-17(25-20-3-4-21(28)26-23(20)31)1-2-18(19)16-5-8-27(9-6-16)10-12-33-14-13-32-11-7-22(29)30/h1-2,15-16,20,25H,3-14H2,(H,29,30)(H,26,28,31). The number of anilines is 1. The van der Waals surface area contributed by atoms with Gasteiger partial charge in [0.2, 0.25) is 11.8 Å². The van der Waals surface area contributed by atoms with Crippen LogP contribution in [0.2, 0.25) is 0 Å². The van der Waals surface area contributed by atoms with Gasteiger partial charge in [0.1, 0.15) is 11.9 Å². The first-order valence-electron chi connectivity index (χ1n) is 11.4. The van der Waals surface area contributed by atoms with E-state index in [1.807, 2.05) is 0 Å². The van der Waals surface area contributed by atoms with Crippen LogP contribution in [0.3, 0.4) is 0 Å². The number of amides is 2. The molecule has 2 heterocycles. The molecule has 0 saturated carbocycles. The smallest absolute Gasteiger partial charge is 0.305 e. The van der Waals surface area contributed by atoms with E-state index in [2.05, 4.69) is 15.5 Å². The number of carboxylic acids is 1. The Hall–Kier alpha value is -2.56. The summed E-state index contributed by atoms with van der Waals surface area (Å²) in [5.74, 6) is -1.66. The largest absolute Gasteiger partial charge is 0.481 e. The summed E-state index contributed by atoms with van der Waals surface area (Å²) < 4.78 is 25.5. The van der Waals surface area contributed by atoms with Crippen LogP contribution in [-0.2, 0) is 23.9 Å². The molecule has 0 aliphatic carbocycles. The average molecular weight is 466 g/mol. The van der Waals surface area contributed by atoms with Gasteiger partial charge in [-0.05, 0) is 56.0 Å². The first-order chi connectivity index (χ1) is 15.9. The zero-order valence-corrected chi connectivity index (χ0v) is 18.7. The fraction of sp³-hybridized carbons (Fsp3) is 0.609. The maximum Gasteiger partial charge on any atom is 0.305 e. The predicted molar refractivity (Wildman–Crippen MR) is 119 cm³/mol. The van der Waals surface area contributed by atoms with E-state index >= 15 is 0 Å². The second kappa shape index (κ2) is 12.6. The molecule has 2 saturated heterocycles. The molecule has 1 aromatic rings. The van der Waals surface area contributed by atoms with Crippen molar-refractivity contribution in [1.82, 2.24) is 10.2 Å². The van der Waals surface area contributed by atoms with E-state index in [0.29, 0.717) is 37.5 Å². The highest BCUT2D eigenvalue weighted by molar-refractivity contribution is 6.01. The number of nitrogens with zero attached hydrogens (tertiary/aromatic N) is 1. The molecule has 10 heteroatoms. The van der Waals surface area contributed by atoms with Crippen LogP contribution in [0.4, 0.5) is 10.1 Å². The highest BCUT2D eigenvalue weighted by atomic mass is 19.1. The molecule has 2 aliphatic rings. The number of aliphatic carboxylic acids is 1. The molecule has 0 radical (unpaired) electrons. The van der Waals surface area contributed by atoms with Gasteiger partial charge in [0, 0.05) is 18.7 Å². The van der Waals surface area contributed by atoms with E-state index in [1.54, 1.807) is 12.1 Å². The fourth-order valence-electron chi connectivity index (χ4n) is 4.12. The summed E-state index contributed by atoms with van der Waals surface area (Å²) in [6, 6.07) is 4.48. The highest BCUT2D eigenvalue weighted by Crippen LogP contribution is 2.31. The first kappa shape index (κ1) is 25.1. The molecular formula is C23H32FN3O6. The fourth-order valence-corrected chi connectivity index (χ4v) is 4.12. The van der Waals surface area contributed by atoms with Crippen molar-refractivity contribution in [3.05, 3.63) is 29.6 Å². The molecule has 0 aromatic heterocycles. The van der Waals surface area contributed by atoms with Gasteiger partial charge in [-0.15, -0.1) is 0 Å². The van der Waals surface area contributed by atoms with E-state index in [1.165, 1.54) is 6.07 Å². The zero-order chi connectivity index (χ0) is 23.6. The average Bonchev–Trinajstić information content (AvgIpc) is 2.78. The lowest BCUT2D eigenvalue weighted by Gasteiger charge is -2.32. The quantitative estimate of drug-likeness (QED) is 0.316. The molecule has 2 aliphatic heterocycles. The van der Waals surface area contributed by atoms with E-state index in [4.69, 9.17) is 14.6 Å². The van der Waals surface area contributed by atoms with Crippen LogP contribution in [0.25, 0.3) is 0 Å². The van der Waals surface area contributed by atoms with Crippen LogP contribution >= 0.6 is 0 Å². The third kappa shape index (κ3) is 8.06. The molecule has 2 fully saturated rings. The van der Waals surface area contributed by atoms with E-state index in [9.17, 15) is 18.8 Å². The van der Waals surface area contributed by atoms with Gasteiger partial charge < -0.3 is 24.8 Å². The Labute approximate surface area is 192 Å². The monoisotopic (exact) mass is 465 g/mol. The normalized spacial score (nSPS) is 20.0. The van der Waals surface area contributed by atoms with Crippen molar-refractivity contribution >= 4 is 23.5 Å². The van der Waals surface area contributed by atoms with Gasteiger partial charge in [-0.2, -0.15) is 0 Å². The van der Waals surface area contributed by atoms with Crippen molar-refractivity contribution in [1.29, 1.82) is 0 Å². The zero-order valence-electron chi connectivity index (χ0n) is 18.7. The Balaban J connectivity index is 1.35. The molecule has 1 aromatic carbocycles. The summed E-state index contributed by atoms with van der Waals surface area (Å²) >= 11 is 0. The molecular weight excluding hydrogens is 433 g/mol. The summed E-state index contributed by atoms with van der Waals surface area (Å²) in [7, 11) is 0. The summed E-state index contributed by atoms with van der Waals surface area (Å²) in [4.78, 5) is 35.8. The molecule has 0 spiro atoms. The third-order valence-electron chi connectivity index (χ3n) is 5.99. The molecule has 3 N–H and O–H groups in total. The number of hydrogen-bond acceptors (Lipinski definition) is 7. The minimum Gasteiger partial charge on any atom is -0.481 e. The minimum atomic E-state index is -0.876. The second-order valence-electron chi connectivity index (χ2n) is 8.37. The Morgan fingerprint density at radius 1 is 1.12 bits per heavy atom. The van der Waals surface area contributed by atoms with Crippen molar-refractivity contribution in [2.24, 2.45) is 0 Å². The van der Waals surface area contributed by atoms with Gasteiger partial charge in [-0.1, -0.05) is 6.07 Å². The summed E-state index contributed by atoms with van der Waals surface area (Å²) in [5.41, 5.74) is 1.23. The Morgan fingerprint density at radius 2 is 1.85 bits per heavy atom. The van der Waals surface area contributed by atoms with Crippen molar-refractivity contribution in [2.75, 3.05) is 51.4 Å². The molecule has 33 heavy (non-hydrogen) atoms. The Bertz CT molecular complexity index is 828.